The van der Waals surface area contributed by atoms with Crippen LogP contribution in [0.4, 0.5) is 16.2 Å². The SMILES string of the molecule is COc1ccc(NC(=O)Nc2ccc(CCc3nc4ccccc4n3-c3ccccc3)cc2)c(OC)c1. The first kappa shape index (κ1) is 23.9. The van der Waals surface area contributed by atoms with Crippen LogP contribution in [-0.4, -0.2) is 29.8 Å². The highest BCUT2D eigenvalue weighted by Gasteiger charge is 2.13. The number of nitrogens with zero attached hydrogens (tertiary/aromatic N) is 2. The summed E-state index contributed by atoms with van der Waals surface area (Å²) in [5.74, 6) is 2.19. The van der Waals surface area contributed by atoms with Gasteiger partial charge in [-0.3, -0.25) is 4.57 Å². The van der Waals surface area contributed by atoms with Gasteiger partial charge < -0.3 is 20.1 Å². The number of carbonyl (C=O) groups excluding carboxylic acids is 1. The molecule has 37 heavy (non-hydrogen) atoms. The Labute approximate surface area is 215 Å². The number of imidazole rings is 1. The average Bonchev–Trinajstić information content (AvgIpc) is 3.31. The first-order chi connectivity index (χ1) is 18.1. The minimum absolute atomic E-state index is 0.354. The second kappa shape index (κ2) is 10.9. The van der Waals surface area contributed by atoms with E-state index in [1.807, 2.05) is 60.7 Å². The van der Waals surface area contributed by atoms with Crippen molar-refractivity contribution in [1.82, 2.24) is 9.55 Å². The Morgan fingerprint density at radius 3 is 2.32 bits per heavy atom. The van der Waals surface area contributed by atoms with Gasteiger partial charge in [-0.25, -0.2) is 9.78 Å². The maximum Gasteiger partial charge on any atom is 0.323 e. The quantitative estimate of drug-likeness (QED) is 0.260. The number of urea groups is 1. The van der Waals surface area contributed by atoms with E-state index in [1.54, 1.807) is 32.4 Å². The van der Waals surface area contributed by atoms with Gasteiger partial charge in [-0.15, -0.1) is 0 Å². The van der Waals surface area contributed by atoms with Crippen LogP contribution in [0.15, 0.2) is 97.1 Å². The van der Waals surface area contributed by atoms with Gasteiger partial charge in [0, 0.05) is 23.9 Å². The predicted octanol–water partition coefficient (Wildman–Crippen LogP) is 6.47. The van der Waals surface area contributed by atoms with Crippen LogP contribution in [0.25, 0.3) is 16.7 Å². The number of fused-ring (bicyclic) bond motifs is 1. The van der Waals surface area contributed by atoms with Crippen LogP contribution >= 0.6 is 0 Å². The van der Waals surface area contributed by atoms with Crippen molar-refractivity contribution >= 4 is 28.4 Å². The number of benzene rings is 4. The smallest absolute Gasteiger partial charge is 0.323 e. The molecule has 0 aliphatic rings. The molecule has 0 bridgehead atoms. The number of aryl methyl sites for hydroxylation is 2. The minimum Gasteiger partial charge on any atom is -0.497 e. The number of amides is 2. The number of methoxy groups -OCH3 is 2. The second-order valence-corrected chi connectivity index (χ2v) is 8.53. The van der Waals surface area contributed by atoms with Crippen molar-refractivity contribution in [2.45, 2.75) is 12.8 Å². The van der Waals surface area contributed by atoms with E-state index in [4.69, 9.17) is 14.5 Å². The third kappa shape index (κ3) is 5.41. The van der Waals surface area contributed by atoms with Crippen LogP contribution in [0.5, 0.6) is 11.5 Å². The number of hydrogen-bond donors (Lipinski definition) is 2. The first-order valence-corrected chi connectivity index (χ1v) is 12.1. The molecule has 4 aromatic carbocycles. The highest BCUT2D eigenvalue weighted by molar-refractivity contribution is 6.00. The van der Waals surface area contributed by atoms with Crippen LogP contribution in [0.1, 0.15) is 11.4 Å². The normalized spacial score (nSPS) is 10.8. The van der Waals surface area contributed by atoms with Crippen molar-refractivity contribution in [1.29, 1.82) is 0 Å². The largest absolute Gasteiger partial charge is 0.497 e. The molecule has 0 spiro atoms. The van der Waals surface area contributed by atoms with Gasteiger partial charge in [0.2, 0.25) is 0 Å². The number of para-hydroxylation sites is 3. The number of hydrogen-bond acceptors (Lipinski definition) is 4. The lowest BCUT2D eigenvalue weighted by molar-refractivity contribution is 0.262. The Kier molecular flexibility index (Phi) is 7.03. The van der Waals surface area contributed by atoms with E-state index in [0.29, 0.717) is 22.9 Å². The molecule has 7 nitrogen and oxygen atoms in total. The summed E-state index contributed by atoms with van der Waals surface area (Å²) in [6, 6.07) is 31.2. The van der Waals surface area contributed by atoms with Crippen molar-refractivity contribution in [3.05, 3.63) is 108 Å². The fraction of sp³-hybridized carbons (Fsp3) is 0.133. The molecule has 0 radical (unpaired) electrons. The Bertz CT molecular complexity index is 1510. The molecule has 7 heteroatoms. The molecule has 186 valence electrons. The van der Waals surface area contributed by atoms with Gasteiger partial charge in [0.05, 0.1) is 30.9 Å². The number of anilines is 2. The standard InChI is InChI=1S/C30H28N4O3/c1-36-24-17-18-26(28(20-24)37-2)33-30(35)31-22-15-12-21(13-16-22)14-19-29-32-25-10-6-7-11-27(25)34(29)23-8-4-3-5-9-23/h3-13,15-18,20H,14,19H2,1-2H3,(H2,31,33,35). The molecule has 5 rings (SSSR count). The lowest BCUT2D eigenvalue weighted by Gasteiger charge is -2.13. The molecule has 0 atom stereocenters. The van der Waals surface area contributed by atoms with Crippen LogP contribution in [-0.2, 0) is 12.8 Å². The summed E-state index contributed by atoms with van der Waals surface area (Å²) in [5, 5.41) is 5.68. The van der Waals surface area contributed by atoms with E-state index >= 15 is 0 Å². The van der Waals surface area contributed by atoms with Crippen molar-refractivity contribution in [2.75, 3.05) is 24.9 Å². The molecule has 0 unspecified atom stereocenters. The summed E-state index contributed by atoms with van der Waals surface area (Å²) in [4.78, 5) is 17.4. The summed E-state index contributed by atoms with van der Waals surface area (Å²) in [7, 11) is 3.13. The molecule has 2 N–H and O–H groups in total. The Balaban J connectivity index is 1.25. The number of aromatic nitrogens is 2. The highest BCUT2D eigenvalue weighted by atomic mass is 16.5. The van der Waals surface area contributed by atoms with E-state index in [0.717, 1.165) is 41.0 Å². The number of ether oxygens (including phenoxy) is 2. The van der Waals surface area contributed by atoms with Gasteiger partial charge in [0.1, 0.15) is 17.3 Å². The zero-order chi connectivity index (χ0) is 25.6. The molecule has 0 saturated heterocycles. The Morgan fingerprint density at radius 2 is 1.57 bits per heavy atom. The summed E-state index contributed by atoms with van der Waals surface area (Å²) in [6.07, 6.45) is 1.61. The molecule has 0 fully saturated rings. The molecular formula is C30H28N4O3. The summed E-state index contributed by atoms with van der Waals surface area (Å²) in [5.41, 5.74) is 5.60. The van der Waals surface area contributed by atoms with Crippen LogP contribution in [0, 0.1) is 0 Å². The van der Waals surface area contributed by atoms with E-state index in [2.05, 4.69) is 33.4 Å². The van der Waals surface area contributed by atoms with Crippen LogP contribution < -0.4 is 20.1 Å². The third-order valence-electron chi connectivity index (χ3n) is 6.15. The van der Waals surface area contributed by atoms with Crippen molar-refractivity contribution in [3.63, 3.8) is 0 Å². The van der Waals surface area contributed by atoms with Gasteiger partial charge in [-0.05, 0) is 60.5 Å². The van der Waals surface area contributed by atoms with E-state index < -0.39 is 0 Å². The fourth-order valence-electron chi connectivity index (χ4n) is 4.31. The average molecular weight is 493 g/mol. The van der Waals surface area contributed by atoms with Gasteiger partial charge in [-0.2, -0.15) is 0 Å². The zero-order valence-electron chi connectivity index (χ0n) is 20.8. The molecule has 0 saturated carbocycles. The minimum atomic E-state index is -0.354. The monoisotopic (exact) mass is 492 g/mol. The van der Waals surface area contributed by atoms with E-state index in [9.17, 15) is 4.79 Å². The van der Waals surface area contributed by atoms with Crippen molar-refractivity contribution in [2.24, 2.45) is 0 Å². The predicted molar refractivity (Wildman–Crippen MR) is 147 cm³/mol. The van der Waals surface area contributed by atoms with E-state index in [-0.39, 0.29) is 6.03 Å². The maximum atomic E-state index is 12.5. The number of nitrogens with one attached hydrogen (secondary N) is 2. The molecule has 0 aliphatic carbocycles. The van der Waals surface area contributed by atoms with Crippen molar-refractivity contribution in [3.8, 4) is 17.2 Å². The summed E-state index contributed by atoms with van der Waals surface area (Å²) < 4.78 is 12.8. The molecule has 1 aromatic heterocycles. The number of rotatable bonds is 8. The Hall–Kier alpha value is -4.78. The molecular weight excluding hydrogens is 464 g/mol. The lowest BCUT2D eigenvalue weighted by Crippen LogP contribution is -2.19. The highest BCUT2D eigenvalue weighted by Crippen LogP contribution is 2.29. The van der Waals surface area contributed by atoms with Crippen molar-refractivity contribution < 1.29 is 14.3 Å². The van der Waals surface area contributed by atoms with Gasteiger partial charge in [0.15, 0.2) is 0 Å². The van der Waals surface area contributed by atoms with Gasteiger partial charge >= 0.3 is 6.03 Å². The van der Waals surface area contributed by atoms with Gasteiger partial charge in [-0.1, -0.05) is 42.5 Å². The van der Waals surface area contributed by atoms with E-state index in [1.165, 1.54) is 0 Å². The number of carbonyl (C=O) groups is 1. The van der Waals surface area contributed by atoms with Crippen LogP contribution in [0.2, 0.25) is 0 Å². The van der Waals surface area contributed by atoms with Crippen LogP contribution in [0.3, 0.4) is 0 Å². The molecule has 1 heterocycles. The molecule has 2 amide bonds. The summed E-state index contributed by atoms with van der Waals surface area (Å²) in [6.45, 7) is 0. The molecule has 0 aliphatic heterocycles. The third-order valence-corrected chi connectivity index (χ3v) is 6.15. The maximum absolute atomic E-state index is 12.5. The fourth-order valence-corrected chi connectivity index (χ4v) is 4.31. The zero-order valence-corrected chi connectivity index (χ0v) is 20.8. The lowest BCUT2D eigenvalue weighted by atomic mass is 10.1. The topological polar surface area (TPSA) is 77.4 Å². The summed E-state index contributed by atoms with van der Waals surface area (Å²) >= 11 is 0. The second-order valence-electron chi connectivity index (χ2n) is 8.53. The van der Waals surface area contributed by atoms with Gasteiger partial charge in [0.25, 0.3) is 0 Å². The first-order valence-electron chi connectivity index (χ1n) is 12.1. The molecule has 5 aromatic rings. The Morgan fingerprint density at radius 1 is 0.811 bits per heavy atom.